The summed E-state index contributed by atoms with van der Waals surface area (Å²) in [5.41, 5.74) is 1.79. The van der Waals surface area contributed by atoms with Gasteiger partial charge in [0.15, 0.2) is 5.79 Å². The van der Waals surface area contributed by atoms with Crippen LogP contribution in [-0.4, -0.2) is 36.9 Å². The second-order valence-corrected chi connectivity index (χ2v) is 6.38. The molecule has 24 heavy (non-hydrogen) atoms. The van der Waals surface area contributed by atoms with Crippen LogP contribution in [0.1, 0.15) is 38.2 Å². The monoisotopic (exact) mass is 332 g/mol. The van der Waals surface area contributed by atoms with Gasteiger partial charge in [-0.05, 0) is 37.0 Å². The second kappa shape index (κ2) is 7.32. The van der Waals surface area contributed by atoms with Crippen LogP contribution >= 0.6 is 0 Å². The first-order valence-corrected chi connectivity index (χ1v) is 8.60. The van der Waals surface area contributed by atoms with Crippen molar-refractivity contribution in [1.29, 1.82) is 0 Å². The number of ether oxygens (including phenoxy) is 2. The molecule has 1 saturated heterocycles. The first kappa shape index (κ1) is 16.9. The van der Waals surface area contributed by atoms with Crippen LogP contribution in [0.5, 0.6) is 0 Å². The third kappa shape index (κ3) is 3.94. The number of anilines is 1. The molecule has 130 valence electrons. The largest absolute Gasteiger partial charge is 0.347 e. The molecule has 0 radical (unpaired) electrons. The number of amides is 2. The van der Waals surface area contributed by atoms with Gasteiger partial charge in [-0.15, -0.1) is 0 Å². The molecule has 1 unspecified atom stereocenters. The predicted molar refractivity (Wildman–Crippen MR) is 89.5 cm³/mol. The van der Waals surface area contributed by atoms with Crippen molar-refractivity contribution in [2.75, 3.05) is 18.5 Å². The van der Waals surface area contributed by atoms with Crippen molar-refractivity contribution in [3.05, 3.63) is 29.8 Å². The molecule has 3 rings (SSSR count). The van der Waals surface area contributed by atoms with Gasteiger partial charge < -0.3 is 20.1 Å². The molecular formula is C18H24N2O4. The van der Waals surface area contributed by atoms with Crippen LogP contribution in [0, 0.1) is 0 Å². The number of rotatable bonds is 4. The van der Waals surface area contributed by atoms with Gasteiger partial charge in [0, 0.05) is 25.1 Å². The van der Waals surface area contributed by atoms with Crippen molar-refractivity contribution >= 4 is 17.5 Å². The van der Waals surface area contributed by atoms with E-state index < -0.39 is 17.6 Å². The first-order chi connectivity index (χ1) is 11.6. The zero-order valence-electron chi connectivity index (χ0n) is 14.0. The van der Waals surface area contributed by atoms with Gasteiger partial charge in [-0.2, -0.15) is 0 Å². The predicted octanol–water partition coefficient (Wildman–Crippen LogP) is 1.99. The van der Waals surface area contributed by atoms with E-state index in [1.807, 2.05) is 12.1 Å². The van der Waals surface area contributed by atoms with Gasteiger partial charge in [-0.1, -0.05) is 19.1 Å². The number of nitrogens with one attached hydrogen (secondary N) is 2. The van der Waals surface area contributed by atoms with Crippen LogP contribution in [-0.2, 0) is 25.5 Å². The minimum absolute atomic E-state index is 0.191. The van der Waals surface area contributed by atoms with Crippen LogP contribution in [0.4, 0.5) is 5.69 Å². The molecule has 1 aliphatic heterocycles. The molecule has 1 saturated carbocycles. The lowest BCUT2D eigenvalue weighted by Gasteiger charge is -2.21. The molecule has 1 heterocycles. The number of carbonyl (C=O) groups is 2. The molecule has 1 spiro atoms. The fraction of sp³-hybridized carbons (Fsp3) is 0.556. The van der Waals surface area contributed by atoms with Crippen molar-refractivity contribution < 1.29 is 19.1 Å². The van der Waals surface area contributed by atoms with Crippen LogP contribution in [0.15, 0.2) is 24.3 Å². The van der Waals surface area contributed by atoms with Crippen LogP contribution in [0.3, 0.4) is 0 Å². The molecule has 2 N–H and O–H groups in total. The maximum atomic E-state index is 11.9. The van der Waals surface area contributed by atoms with E-state index in [9.17, 15) is 9.59 Å². The average Bonchev–Trinajstić information content (AvgIpc) is 3.23. The van der Waals surface area contributed by atoms with E-state index in [1.54, 1.807) is 12.1 Å². The molecular weight excluding hydrogens is 308 g/mol. The number of aryl methyl sites for hydroxylation is 1. The van der Waals surface area contributed by atoms with Gasteiger partial charge >= 0.3 is 11.8 Å². The summed E-state index contributed by atoms with van der Waals surface area (Å²) in [6.07, 6.45) is 4.77. The summed E-state index contributed by atoms with van der Waals surface area (Å²) in [6, 6.07) is 7.44. The number of hydrogen-bond donors (Lipinski definition) is 2. The molecule has 1 aromatic carbocycles. The maximum Gasteiger partial charge on any atom is 0.313 e. The SMILES string of the molecule is CCc1ccc(NC(=O)C(=O)NCC2COC3(CCCC3)O2)cc1. The summed E-state index contributed by atoms with van der Waals surface area (Å²) in [5, 5.41) is 5.21. The lowest BCUT2D eigenvalue weighted by molar-refractivity contribution is -0.161. The molecule has 0 aromatic heterocycles. The van der Waals surface area contributed by atoms with E-state index >= 15 is 0 Å². The summed E-state index contributed by atoms with van der Waals surface area (Å²) in [4.78, 5) is 23.8. The minimum Gasteiger partial charge on any atom is -0.347 e. The zero-order valence-corrected chi connectivity index (χ0v) is 14.0. The van der Waals surface area contributed by atoms with Crippen molar-refractivity contribution in [2.45, 2.75) is 50.9 Å². The molecule has 1 aliphatic carbocycles. The van der Waals surface area contributed by atoms with Gasteiger partial charge in [0.2, 0.25) is 0 Å². The van der Waals surface area contributed by atoms with Crippen molar-refractivity contribution in [1.82, 2.24) is 5.32 Å². The highest BCUT2D eigenvalue weighted by atomic mass is 16.7. The highest BCUT2D eigenvalue weighted by molar-refractivity contribution is 6.39. The normalized spacial score (nSPS) is 21.8. The summed E-state index contributed by atoms with van der Waals surface area (Å²) < 4.78 is 11.7. The third-order valence-electron chi connectivity index (χ3n) is 4.60. The average molecular weight is 332 g/mol. The Hall–Kier alpha value is -1.92. The molecule has 2 aliphatic rings. The van der Waals surface area contributed by atoms with Gasteiger partial charge in [0.25, 0.3) is 0 Å². The van der Waals surface area contributed by atoms with Crippen molar-refractivity contribution in [3.8, 4) is 0 Å². The Balaban J connectivity index is 1.43. The maximum absolute atomic E-state index is 11.9. The molecule has 6 heteroatoms. The van der Waals surface area contributed by atoms with E-state index in [2.05, 4.69) is 17.6 Å². The third-order valence-corrected chi connectivity index (χ3v) is 4.60. The lowest BCUT2D eigenvalue weighted by atomic mass is 10.1. The molecule has 2 fully saturated rings. The van der Waals surface area contributed by atoms with Gasteiger partial charge in [0.05, 0.1) is 6.61 Å². The van der Waals surface area contributed by atoms with Gasteiger partial charge in [-0.25, -0.2) is 0 Å². The Labute approximate surface area is 141 Å². The fourth-order valence-electron chi connectivity index (χ4n) is 3.19. The number of benzene rings is 1. The Morgan fingerprint density at radius 1 is 1.17 bits per heavy atom. The molecule has 6 nitrogen and oxygen atoms in total. The second-order valence-electron chi connectivity index (χ2n) is 6.38. The van der Waals surface area contributed by atoms with E-state index in [1.165, 1.54) is 5.56 Å². The molecule has 1 atom stereocenters. The summed E-state index contributed by atoms with van der Waals surface area (Å²) in [6.45, 7) is 2.80. The van der Waals surface area contributed by atoms with Crippen molar-refractivity contribution in [2.24, 2.45) is 0 Å². The van der Waals surface area contributed by atoms with Crippen molar-refractivity contribution in [3.63, 3.8) is 0 Å². The molecule has 1 aromatic rings. The topological polar surface area (TPSA) is 76.7 Å². The number of hydrogen-bond acceptors (Lipinski definition) is 4. The Bertz CT molecular complexity index is 594. The first-order valence-electron chi connectivity index (χ1n) is 8.60. The quantitative estimate of drug-likeness (QED) is 0.827. The minimum atomic E-state index is -0.672. The summed E-state index contributed by atoms with van der Waals surface area (Å²) in [7, 11) is 0. The Kier molecular flexibility index (Phi) is 5.16. The van der Waals surface area contributed by atoms with E-state index in [-0.39, 0.29) is 12.6 Å². The summed E-state index contributed by atoms with van der Waals surface area (Å²) >= 11 is 0. The van der Waals surface area contributed by atoms with E-state index in [4.69, 9.17) is 9.47 Å². The Morgan fingerprint density at radius 3 is 2.54 bits per heavy atom. The zero-order chi connectivity index (χ0) is 17.0. The smallest absolute Gasteiger partial charge is 0.313 e. The highest BCUT2D eigenvalue weighted by Gasteiger charge is 2.43. The van der Waals surface area contributed by atoms with E-state index in [0.29, 0.717) is 12.3 Å². The molecule has 2 amide bonds. The molecule has 0 bridgehead atoms. The lowest BCUT2D eigenvalue weighted by Crippen LogP contribution is -2.40. The van der Waals surface area contributed by atoms with Gasteiger partial charge in [0.1, 0.15) is 6.10 Å². The standard InChI is InChI=1S/C18H24N2O4/c1-2-13-5-7-14(8-6-13)20-17(22)16(21)19-11-15-12-23-18(24-15)9-3-4-10-18/h5-8,15H,2-4,9-12H2,1H3,(H,19,21)(H,20,22). The van der Waals surface area contributed by atoms with Crippen LogP contribution in [0.2, 0.25) is 0 Å². The fourth-order valence-corrected chi connectivity index (χ4v) is 3.19. The number of carbonyl (C=O) groups excluding carboxylic acids is 2. The van der Waals surface area contributed by atoms with Crippen LogP contribution in [0.25, 0.3) is 0 Å². The van der Waals surface area contributed by atoms with Crippen LogP contribution < -0.4 is 10.6 Å². The Morgan fingerprint density at radius 2 is 1.88 bits per heavy atom. The highest BCUT2D eigenvalue weighted by Crippen LogP contribution is 2.38. The van der Waals surface area contributed by atoms with Gasteiger partial charge in [-0.3, -0.25) is 9.59 Å². The van der Waals surface area contributed by atoms with E-state index in [0.717, 1.165) is 32.1 Å². The summed E-state index contributed by atoms with van der Waals surface area (Å²) in [5.74, 6) is -1.78.